The Kier molecular flexibility index (Phi) is 1.79. The standard InChI is InChI=1S/C10H13N3/c1-7(2)9-5-11-4-8-6-13(3)12-10(8)9/h4-7H,1-3H3. The fraction of sp³-hybridized carbons (Fsp3) is 0.400. The summed E-state index contributed by atoms with van der Waals surface area (Å²) in [6, 6.07) is 0. The minimum Gasteiger partial charge on any atom is -0.275 e. The van der Waals surface area contributed by atoms with Gasteiger partial charge < -0.3 is 0 Å². The Balaban J connectivity index is 2.75. The van der Waals surface area contributed by atoms with E-state index in [9.17, 15) is 0 Å². The molecule has 0 amide bonds. The Morgan fingerprint density at radius 2 is 2.08 bits per heavy atom. The molecular weight excluding hydrogens is 162 g/mol. The molecule has 0 aromatic carbocycles. The maximum absolute atomic E-state index is 4.41. The highest BCUT2D eigenvalue weighted by atomic mass is 15.2. The predicted octanol–water partition coefficient (Wildman–Crippen LogP) is 2.09. The summed E-state index contributed by atoms with van der Waals surface area (Å²) in [5.41, 5.74) is 2.30. The summed E-state index contributed by atoms with van der Waals surface area (Å²) < 4.78 is 1.83. The average molecular weight is 175 g/mol. The molecule has 13 heavy (non-hydrogen) atoms. The molecule has 2 rings (SSSR count). The molecule has 0 spiro atoms. The zero-order valence-corrected chi connectivity index (χ0v) is 8.15. The van der Waals surface area contributed by atoms with Crippen LogP contribution in [0.4, 0.5) is 0 Å². The van der Waals surface area contributed by atoms with Gasteiger partial charge in [-0.15, -0.1) is 0 Å². The van der Waals surface area contributed by atoms with Crippen molar-refractivity contribution < 1.29 is 0 Å². The topological polar surface area (TPSA) is 30.7 Å². The minimum absolute atomic E-state index is 0.478. The Labute approximate surface area is 77.4 Å². The predicted molar refractivity (Wildman–Crippen MR) is 52.6 cm³/mol. The molecule has 0 aliphatic heterocycles. The summed E-state index contributed by atoms with van der Waals surface area (Å²) in [5.74, 6) is 0.478. The number of hydrogen-bond acceptors (Lipinski definition) is 2. The van der Waals surface area contributed by atoms with Crippen LogP contribution in [0.5, 0.6) is 0 Å². The van der Waals surface area contributed by atoms with Gasteiger partial charge in [0.15, 0.2) is 0 Å². The normalized spacial score (nSPS) is 11.4. The molecule has 2 heterocycles. The Morgan fingerprint density at radius 3 is 2.77 bits per heavy atom. The van der Waals surface area contributed by atoms with Crippen molar-refractivity contribution in [3.05, 3.63) is 24.2 Å². The quantitative estimate of drug-likeness (QED) is 0.664. The van der Waals surface area contributed by atoms with E-state index in [1.165, 1.54) is 5.56 Å². The summed E-state index contributed by atoms with van der Waals surface area (Å²) in [6.45, 7) is 4.32. The molecule has 0 unspecified atom stereocenters. The Morgan fingerprint density at radius 1 is 1.31 bits per heavy atom. The second-order valence-electron chi connectivity index (χ2n) is 3.62. The van der Waals surface area contributed by atoms with Crippen molar-refractivity contribution in [2.45, 2.75) is 19.8 Å². The Hall–Kier alpha value is -1.38. The van der Waals surface area contributed by atoms with Gasteiger partial charge in [0, 0.05) is 36.6 Å². The van der Waals surface area contributed by atoms with Crippen LogP contribution in [0.1, 0.15) is 25.3 Å². The van der Waals surface area contributed by atoms with Crippen LogP contribution in [-0.2, 0) is 7.05 Å². The zero-order chi connectivity index (χ0) is 9.42. The monoisotopic (exact) mass is 175 g/mol. The minimum atomic E-state index is 0.478. The molecule has 68 valence electrons. The van der Waals surface area contributed by atoms with Gasteiger partial charge in [-0.3, -0.25) is 9.67 Å². The maximum Gasteiger partial charge on any atom is 0.0988 e. The molecule has 0 saturated heterocycles. The number of rotatable bonds is 1. The van der Waals surface area contributed by atoms with Crippen LogP contribution < -0.4 is 0 Å². The first-order valence-electron chi connectivity index (χ1n) is 4.45. The van der Waals surface area contributed by atoms with Crippen LogP contribution in [-0.4, -0.2) is 14.8 Å². The molecule has 0 aliphatic carbocycles. The van der Waals surface area contributed by atoms with Crippen LogP contribution >= 0.6 is 0 Å². The maximum atomic E-state index is 4.41. The van der Waals surface area contributed by atoms with Crippen molar-refractivity contribution in [2.75, 3.05) is 0 Å². The van der Waals surface area contributed by atoms with Gasteiger partial charge in [0.2, 0.25) is 0 Å². The first-order valence-corrected chi connectivity index (χ1v) is 4.45. The van der Waals surface area contributed by atoms with Gasteiger partial charge >= 0.3 is 0 Å². The lowest BCUT2D eigenvalue weighted by Gasteiger charge is -2.03. The van der Waals surface area contributed by atoms with Gasteiger partial charge in [0.1, 0.15) is 0 Å². The van der Waals surface area contributed by atoms with Gasteiger partial charge in [-0.2, -0.15) is 5.10 Å². The lowest BCUT2D eigenvalue weighted by Crippen LogP contribution is -1.92. The number of nitrogens with zero attached hydrogens (tertiary/aromatic N) is 3. The fourth-order valence-corrected chi connectivity index (χ4v) is 1.51. The van der Waals surface area contributed by atoms with Gasteiger partial charge in [-0.25, -0.2) is 0 Å². The molecule has 0 aliphatic rings. The van der Waals surface area contributed by atoms with Crippen molar-refractivity contribution in [3.8, 4) is 0 Å². The number of pyridine rings is 1. The fourth-order valence-electron chi connectivity index (χ4n) is 1.51. The first-order chi connectivity index (χ1) is 6.18. The van der Waals surface area contributed by atoms with E-state index < -0.39 is 0 Å². The lowest BCUT2D eigenvalue weighted by atomic mass is 10.0. The third-order valence-corrected chi connectivity index (χ3v) is 2.18. The summed E-state index contributed by atoms with van der Waals surface area (Å²) >= 11 is 0. The third kappa shape index (κ3) is 1.30. The number of aryl methyl sites for hydroxylation is 1. The van der Waals surface area contributed by atoms with Gasteiger partial charge in [-0.1, -0.05) is 13.8 Å². The molecular formula is C10H13N3. The van der Waals surface area contributed by atoms with E-state index in [-0.39, 0.29) is 0 Å². The highest BCUT2D eigenvalue weighted by Gasteiger charge is 2.07. The molecule has 2 aromatic rings. The molecule has 0 fully saturated rings. The molecule has 0 radical (unpaired) electrons. The molecule has 0 saturated carbocycles. The number of fused-ring (bicyclic) bond motifs is 1. The van der Waals surface area contributed by atoms with E-state index in [2.05, 4.69) is 23.9 Å². The van der Waals surface area contributed by atoms with Crippen molar-refractivity contribution in [3.63, 3.8) is 0 Å². The van der Waals surface area contributed by atoms with Crippen LogP contribution in [0.15, 0.2) is 18.6 Å². The lowest BCUT2D eigenvalue weighted by molar-refractivity contribution is 0.773. The molecule has 0 atom stereocenters. The van der Waals surface area contributed by atoms with Gasteiger partial charge in [0.25, 0.3) is 0 Å². The Bertz CT molecular complexity index is 429. The summed E-state index contributed by atoms with van der Waals surface area (Å²) in [5, 5.41) is 5.53. The summed E-state index contributed by atoms with van der Waals surface area (Å²) in [6.07, 6.45) is 5.75. The molecule has 0 N–H and O–H groups in total. The third-order valence-electron chi connectivity index (χ3n) is 2.18. The summed E-state index contributed by atoms with van der Waals surface area (Å²) in [7, 11) is 1.93. The van der Waals surface area contributed by atoms with E-state index in [4.69, 9.17) is 0 Å². The van der Waals surface area contributed by atoms with E-state index >= 15 is 0 Å². The van der Waals surface area contributed by atoms with Gasteiger partial charge in [0.05, 0.1) is 5.52 Å². The van der Waals surface area contributed by atoms with E-state index in [0.29, 0.717) is 5.92 Å². The van der Waals surface area contributed by atoms with Crippen LogP contribution in [0.2, 0.25) is 0 Å². The molecule has 0 bridgehead atoms. The van der Waals surface area contributed by atoms with E-state index in [1.807, 2.05) is 30.3 Å². The van der Waals surface area contributed by atoms with E-state index in [0.717, 1.165) is 10.9 Å². The highest BCUT2D eigenvalue weighted by molar-refractivity contribution is 5.80. The molecule has 3 heteroatoms. The number of aromatic nitrogens is 3. The van der Waals surface area contributed by atoms with Crippen LogP contribution in [0.3, 0.4) is 0 Å². The van der Waals surface area contributed by atoms with Crippen LogP contribution in [0, 0.1) is 0 Å². The molecule has 3 nitrogen and oxygen atoms in total. The van der Waals surface area contributed by atoms with Crippen molar-refractivity contribution in [2.24, 2.45) is 7.05 Å². The average Bonchev–Trinajstić information content (AvgIpc) is 2.43. The van der Waals surface area contributed by atoms with Crippen molar-refractivity contribution >= 4 is 10.9 Å². The molecule has 2 aromatic heterocycles. The second-order valence-corrected chi connectivity index (χ2v) is 3.62. The van der Waals surface area contributed by atoms with Crippen molar-refractivity contribution in [1.29, 1.82) is 0 Å². The first kappa shape index (κ1) is 8.23. The largest absolute Gasteiger partial charge is 0.275 e. The SMILES string of the molecule is CC(C)c1cncc2cn(C)nc12. The number of hydrogen-bond donors (Lipinski definition) is 0. The highest BCUT2D eigenvalue weighted by Crippen LogP contribution is 2.21. The van der Waals surface area contributed by atoms with Gasteiger partial charge in [-0.05, 0) is 5.92 Å². The second kappa shape index (κ2) is 2.83. The summed E-state index contributed by atoms with van der Waals surface area (Å²) in [4.78, 5) is 4.19. The smallest absolute Gasteiger partial charge is 0.0988 e. The van der Waals surface area contributed by atoms with E-state index in [1.54, 1.807) is 0 Å². The van der Waals surface area contributed by atoms with Crippen LogP contribution in [0.25, 0.3) is 10.9 Å². The van der Waals surface area contributed by atoms with Crippen molar-refractivity contribution in [1.82, 2.24) is 14.8 Å². The zero-order valence-electron chi connectivity index (χ0n) is 8.15.